The van der Waals surface area contributed by atoms with Gasteiger partial charge in [0.25, 0.3) is 0 Å². The van der Waals surface area contributed by atoms with Crippen LogP contribution >= 0.6 is 0 Å². The number of hydrogen-bond acceptors (Lipinski definition) is 3. The summed E-state index contributed by atoms with van der Waals surface area (Å²) in [7, 11) is 1.81. The lowest BCUT2D eigenvalue weighted by Gasteiger charge is -2.30. The van der Waals surface area contributed by atoms with Gasteiger partial charge in [0.05, 0.1) is 0 Å². The van der Waals surface area contributed by atoms with E-state index in [-0.39, 0.29) is 11.8 Å². The number of benzene rings is 1. The van der Waals surface area contributed by atoms with E-state index in [9.17, 15) is 4.79 Å². The first-order valence-corrected chi connectivity index (χ1v) is 10.9. The van der Waals surface area contributed by atoms with Gasteiger partial charge >= 0.3 is 0 Å². The lowest BCUT2D eigenvalue weighted by Crippen LogP contribution is -2.43. The Balaban J connectivity index is 1.81. The number of nitrogens with zero attached hydrogens (tertiary/aromatic N) is 1. The summed E-state index contributed by atoms with van der Waals surface area (Å²) in [6, 6.07) is 7.93. The molecule has 6 nitrogen and oxygen atoms in total. The number of rotatable bonds is 10. The summed E-state index contributed by atoms with van der Waals surface area (Å²) < 4.78 is 5.61. The van der Waals surface area contributed by atoms with E-state index >= 15 is 0 Å². The molecule has 0 bridgehead atoms. The van der Waals surface area contributed by atoms with E-state index in [0.717, 1.165) is 43.4 Å². The van der Waals surface area contributed by atoms with E-state index in [1.165, 1.54) is 25.7 Å². The third-order valence-corrected chi connectivity index (χ3v) is 5.71. The number of aliphatic imine (C=N–C) groups is 1. The third-order valence-electron chi connectivity index (χ3n) is 5.71. The van der Waals surface area contributed by atoms with Crippen molar-refractivity contribution in [3.8, 4) is 0 Å². The number of carbonyl (C=O) groups excluding carboxylic acids is 1. The second kappa shape index (κ2) is 11.8. The highest BCUT2D eigenvalue weighted by Gasteiger charge is 2.33. The normalized spacial score (nSPS) is 16.1. The van der Waals surface area contributed by atoms with Crippen LogP contribution in [0.5, 0.6) is 0 Å². The summed E-state index contributed by atoms with van der Waals surface area (Å²) in [5, 5.41) is 9.83. The van der Waals surface area contributed by atoms with Crippen molar-refractivity contribution < 1.29 is 9.53 Å². The van der Waals surface area contributed by atoms with Crippen molar-refractivity contribution in [2.24, 2.45) is 16.3 Å². The van der Waals surface area contributed by atoms with Crippen molar-refractivity contribution in [1.29, 1.82) is 0 Å². The zero-order valence-electron chi connectivity index (χ0n) is 18.5. The lowest BCUT2D eigenvalue weighted by atomic mass is 9.83. The second-order valence-electron chi connectivity index (χ2n) is 8.27. The molecule has 1 fully saturated rings. The minimum atomic E-state index is -0.0255. The average Bonchev–Trinajstić information content (AvgIpc) is 3.18. The average molecular weight is 403 g/mol. The van der Waals surface area contributed by atoms with Crippen molar-refractivity contribution in [3.63, 3.8) is 0 Å². The summed E-state index contributed by atoms with van der Waals surface area (Å²) in [5.74, 6) is 0.831. The largest absolute Gasteiger partial charge is 0.382 e. The third kappa shape index (κ3) is 7.69. The van der Waals surface area contributed by atoms with Gasteiger partial charge in [0.2, 0.25) is 5.91 Å². The fourth-order valence-electron chi connectivity index (χ4n) is 3.74. The Morgan fingerprint density at radius 3 is 2.45 bits per heavy atom. The predicted octanol–water partition coefficient (Wildman–Crippen LogP) is 3.93. The standard InChI is InChI=1S/C23H38N4O2/c1-5-29-15-14-23(12-6-7-13-23)17-26-22(24-4)25-16-19-8-10-20(11-9-19)27-21(28)18(2)3/h8-11,18H,5-7,12-17H2,1-4H3,(H,27,28)(H2,24,25,26). The smallest absolute Gasteiger partial charge is 0.226 e. The molecule has 0 atom stereocenters. The van der Waals surface area contributed by atoms with Gasteiger partial charge in [0, 0.05) is 45.0 Å². The van der Waals surface area contributed by atoms with Gasteiger partial charge in [-0.3, -0.25) is 9.79 Å². The molecule has 1 aromatic carbocycles. The first kappa shape index (κ1) is 23.2. The van der Waals surface area contributed by atoms with E-state index in [4.69, 9.17) is 4.74 Å². The summed E-state index contributed by atoms with van der Waals surface area (Å²) in [5.41, 5.74) is 2.29. The molecule has 1 aliphatic carbocycles. The molecule has 6 heteroatoms. The molecule has 1 saturated carbocycles. The molecule has 1 amide bonds. The van der Waals surface area contributed by atoms with Gasteiger partial charge in [-0.2, -0.15) is 0 Å². The molecule has 0 aromatic heterocycles. The molecule has 0 unspecified atom stereocenters. The molecule has 3 N–H and O–H groups in total. The Labute approximate surface area is 175 Å². The predicted molar refractivity (Wildman–Crippen MR) is 120 cm³/mol. The maximum absolute atomic E-state index is 11.8. The first-order valence-electron chi connectivity index (χ1n) is 10.9. The van der Waals surface area contributed by atoms with Crippen LogP contribution in [0.3, 0.4) is 0 Å². The number of nitrogens with one attached hydrogen (secondary N) is 3. The van der Waals surface area contributed by atoms with E-state index < -0.39 is 0 Å². The molecule has 0 spiro atoms. The molecule has 1 aliphatic rings. The molecular formula is C23H38N4O2. The monoisotopic (exact) mass is 402 g/mol. The highest BCUT2D eigenvalue weighted by molar-refractivity contribution is 5.92. The van der Waals surface area contributed by atoms with Crippen LogP contribution in [0.2, 0.25) is 0 Å². The van der Waals surface area contributed by atoms with E-state index in [0.29, 0.717) is 12.0 Å². The topological polar surface area (TPSA) is 74.8 Å². The van der Waals surface area contributed by atoms with Crippen LogP contribution in [0.1, 0.15) is 58.4 Å². The van der Waals surface area contributed by atoms with E-state index in [2.05, 4.69) is 27.9 Å². The number of guanidine groups is 1. The number of amides is 1. The molecule has 0 radical (unpaired) electrons. The molecule has 2 rings (SSSR count). The summed E-state index contributed by atoms with van der Waals surface area (Å²) in [6.45, 7) is 9.06. The van der Waals surface area contributed by atoms with Crippen molar-refractivity contribution in [3.05, 3.63) is 29.8 Å². The van der Waals surface area contributed by atoms with Crippen molar-refractivity contribution in [2.75, 3.05) is 32.1 Å². The number of hydrogen-bond donors (Lipinski definition) is 3. The fourth-order valence-corrected chi connectivity index (χ4v) is 3.74. The van der Waals surface area contributed by atoms with Crippen LogP contribution in [0, 0.1) is 11.3 Å². The van der Waals surface area contributed by atoms with Gasteiger partial charge in [-0.1, -0.05) is 38.8 Å². The van der Waals surface area contributed by atoms with Gasteiger partial charge in [-0.15, -0.1) is 0 Å². The minimum Gasteiger partial charge on any atom is -0.382 e. The minimum absolute atomic E-state index is 0.0255. The maximum Gasteiger partial charge on any atom is 0.226 e. The van der Waals surface area contributed by atoms with Crippen molar-refractivity contribution in [1.82, 2.24) is 10.6 Å². The first-order chi connectivity index (χ1) is 14.0. The molecule has 0 saturated heterocycles. The Hall–Kier alpha value is -2.08. The van der Waals surface area contributed by atoms with Crippen LogP contribution < -0.4 is 16.0 Å². The molecular weight excluding hydrogens is 364 g/mol. The molecule has 29 heavy (non-hydrogen) atoms. The molecule has 1 aromatic rings. The Morgan fingerprint density at radius 1 is 1.17 bits per heavy atom. The highest BCUT2D eigenvalue weighted by Crippen LogP contribution is 2.40. The van der Waals surface area contributed by atoms with E-state index in [1.807, 2.05) is 38.1 Å². The summed E-state index contributed by atoms with van der Waals surface area (Å²) in [4.78, 5) is 16.2. The van der Waals surface area contributed by atoms with Gasteiger partial charge in [-0.05, 0) is 49.3 Å². The zero-order valence-corrected chi connectivity index (χ0v) is 18.5. The SMILES string of the molecule is CCOCCC1(CNC(=NC)NCc2ccc(NC(=O)C(C)C)cc2)CCCC1. The lowest BCUT2D eigenvalue weighted by molar-refractivity contribution is -0.118. The molecule has 0 heterocycles. The van der Waals surface area contributed by atoms with Gasteiger partial charge in [0.15, 0.2) is 5.96 Å². The number of ether oxygens (including phenoxy) is 1. The van der Waals surface area contributed by atoms with Crippen LogP contribution in [-0.4, -0.2) is 38.7 Å². The van der Waals surface area contributed by atoms with Gasteiger partial charge in [0.1, 0.15) is 0 Å². The quantitative estimate of drug-likeness (QED) is 0.315. The fraction of sp³-hybridized carbons (Fsp3) is 0.652. The number of carbonyl (C=O) groups is 1. The maximum atomic E-state index is 11.8. The Kier molecular flexibility index (Phi) is 9.45. The number of anilines is 1. The molecule has 0 aliphatic heterocycles. The van der Waals surface area contributed by atoms with Crippen molar-refractivity contribution in [2.45, 2.75) is 59.4 Å². The Bertz CT molecular complexity index is 649. The highest BCUT2D eigenvalue weighted by atomic mass is 16.5. The summed E-state index contributed by atoms with van der Waals surface area (Å²) in [6.07, 6.45) is 6.23. The van der Waals surface area contributed by atoms with Gasteiger partial charge < -0.3 is 20.7 Å². The second-order valence-corrected chi connectivity index (χ2v) is 8.27. The van der Waals surface area contributed by atoms with Gasteiger partial charge in [-0.25, -0.2) is 0 Å². The van der Waals surface area contributed by atoms with Crippen LogP contribution in [0.15, 0.2) is 29.3 Å². The van der Waals surface area contributed by atoms with Crippen LogP contribution in [-0.2, 0) is 16.1 Å². The zero-order chi connectivity index (χ0) is 21.1. The van der Waals surface area contributed by atoms with Crippen LogP contribution in [0.25, 0.3) is 0 Å². The van der Waals surface area contributed by atoms with Crippen LogP contribution in [0.4, 0.5) is 5.69 Å². The molecule has 162 valence electrons. The van der Waals surface area contributed by atoms with Crippen molar-refractivity contribution >= 4 is 17.6 Å². The van der Waals surface area contributed by atoms with E-state index in [1.54, 1.807) is 7.05 Å². The Morgan fingerprint density at radius 2 is 1.86 bits per heavy atom. The summed E-state index contributed by atoms with van der Waals surface area (Å²) >= 11 is 0.